The summed E-state index contributed by atoms with van der Waals surface area (Å²) in [6.07, 6.45) is 5.14. The van der Waals surface area contributed by atoms with Crippen molar-refractivity contribution in [2.24, 2.45) is 5.73 Å². The number of carboxylic acids is 1. The Morgan fingerprint density at radius 3 is 2.52 bits per heavy atom. The van der Waals surface area contributed by atoms with Crippen molar-refractivity contribution < 1.29 is 29.4 Å². The summed E-state index contributed by atoms with van der Waals surface area (Å²) >= 11 is 1.44. The molecule has 12 nitrogen and oxygen atoms in total. The maximum Gasteiger partial charge on any atom is 0.326 e. The number of amides is 3. The van der Waals surface area contributed by atoms with Crippen molar-refractivity contribution in [1.29, 1.82) is 0 Å². The van der Waals surface area contributed by atoms with E-state index in [-0.39, 0.29) is 12.8 Å². The summed E-state index contributed by atoms with van der Waals surface area (Å²) in [4.78, 5) is 53.8. The van der Waals surface area contributed by atoms with Crippen LogP contribution in [0.4, 0.5) is 0 Å². The third kappa shape index (κ3) is 8.93. The molecule has 13 heteroatoms. The van der Waals surface area contributed by atoms with Crippen LogP contribution in [0.3, 0.4) is 0 Å². The number of aromatic nitrogens is 2. The zero-order chi connectivity index (χ0) is 21.8. The Labute approximate surface area is 171 Å². The van der Waals surface area contributed by atoms with Crippen LogP contribution in [0.5, 0.6) is 0 Å². The molecular weight excluding hydrogens is 404 g/mol. The maximum atomic E-state index is 12.1. The number of H-pyrrole nitrogens is 1. The van der Waals surface area contributed by atoms with Gasteiger partial charge in [-0.25, -0.2) is 9.78 Å². The second kappa shape index (κ2) is 12.7. The van der Waals surface area contributed by atoms with E-state index in [0.29, 0.717) is 11.4 Å². The van der Waals surface area contributed by atoms with E-state index in [2.05, 4.69) is 25.9 Å². The molecule has 162 valence electrons. The highest BCUT2D eigenvalue weighted by Gasteiger charge is 2.25. The molecule has 1 heterocycles. The quantitative estimate of drug-likeness (QED) is 0.173. The number of aromatic amines is 1. The van der Waals surface area contributed by atoms with Gasteiger partial charge in [0.1, 0.15) is 12.1 Å². The first-order valence-electron chi connectivity index (χ1n) is 8.71. The fourth-order valence-corrected chi connectivity index (χ4v) is 2.70. The molecule has 0 radical (unpaired) electrons. The second-order valence-corrected chi connectivity index (χ2v) is 7.07. The van der Waals surface area contributed by atoms with Crippen LogP contribution in [0.15, 0.2) is 12.5 Å². The number of carboxylic acid groups (broad SMARTS) is 1. The average Bonchev–Trinajstić information content (AvgIpc) is 3.19. The van der Waals surface area contributed by atoms with E-state index in [0.717, 1.165) is 0 Å². The molecule has 0 aliphatic heterocycles. The fraction of sp³-hybridized carbons (Fsp3) is 0.562. The second-order valence-electron chi connectivity index (χ2n) is 6.09. The summed E-state index contributed by atoms with van der Waals surface area (Å²) in [5.41, 5.74) is 6.39. The van der Waals surface area contributed by atoms with Crippen molar-refractivity contribution in [3.63, 3.8) is 0 Å². The number of imidazole rings is 1. The number of hydrogen-bond donors (Lipinski definition) is 7. The first-order chi connectivity index (χ1) is 13.8. The molecule has 0 aliphatic carbocycles. The minimum atomic E-state index is -1.31. The largest absolute Gasteiger partial charge is 0.480 e. The van der Waals surface area contributed by atoms with Crippen LogP contribution in [0.2, 0.25) is 0 Å². The lowest BCUT2D eigenvalue weighted by atomic mass is 10.1. The van der Waals surface area contributed by atoms with Gasteiger partial charge in [0, 0.05) is 18.3 Å². The Hall–Kier alpha value is -2.64. The Bertz CT molecular complexity index is 685. The number of hydrogen-bond acceptors (Lipinski definition) is 8. The summed E-state index contributed by atoms with van der Waals surface area (Å²) in [5.74, 6) is -2.81. The van der Waals surface area contributed by atoms with Crippen LogP contribution in [-0.4, -0.2) is 87.2 Å². The molecule has 1 aromatic heterocycles. The van der Waals surface area contributed by atoms with Gasteiger partial charge in [-0.05, 0) is 18.4 Å². The predicted molar refractivity (Wildman–Crippen MR) is 105 cm³/mol. The normalized spacial score (nSPS) is 13.8. The Morgan fingerprint density at radius 1 is 1.24 bits per heavy atom. The molecule has 0 aliphatic rings. The van der Waals surface area contributed by atoms with Crippen LogP contribution in [0.25, 0.3) is 0 Å². The average molecular weight is 430 g/mol. The van der Waals surface area contributed by atoms with Gasteiger partial charge in [0.2, 0.25) is 17.7 Å². The van der Waals surface area contributed by atoms with Crippen LogP contribution in [0.1, 0.15) is 12.1 Å². The van der Waals surface area contributed by atoms with Gasteiger partial charge >= 0.3 is 5.97 Å². The Morgan fingerprint density at radius 2 is 1.97 bits per heavy atom. The molecule has 0 saturated carbocycles. The summed E-state index contributed by atoms with van der Waals surface area (Å²) in [5, 5.41) is 25.3. The molecule has 3 amide bonds. The van der Waals surface area contributed by atoms with Crippen molar-refractivity contribution in [2.75, 3.05) is 25.2 Å². The number of rotatable bonds is 13. The number of nitrogens with two attached hydrogens (primary N) is 1. The van der Waals surface area contributed by atoms with E-state index in [4.69, 9.17) is 10.8 Å². The van der Waals surface area contributed by atoms with Crippen LogP contribution in [-0.2, 0) is 25.6 Å². The number of aliphatic carboxylic acids is 1. The first-order valence-corrected chi connectivity index (χ1v) is 10.1. The molecule has 0 aromatic carbocycles. The minimum absolute atomic E-state index is 0.153. The molecule has 3 unspecified atom stereocenters. The first kappa shape index (κ1) is 24.4. The topological polar surface area (TPSA) is 200 Å². The van der Waals surface area contributed by atoms with E-state index in [1.807, 2.05) is 6.26 Å². The smallest absolute Gasteiger partial charge is 0.326 e. The SMILES string of the molecule is CSCCC(NC(=O)CNC(=O)C(CO)NC(=O)C(N)Cc1cnc[nH]1)C(=O)O. The van der Waals surface area contributed by atoms with Gasteiger partial charge in [-0.2, -0.15) is 11.8 Å². The van der Waals surface area contributed by atoms with Crippen molar-refractivity contribution in [3.05, 3.63) is 18.2 Å². The molecule has 3 atom stereocenters. The van der Waals surface area contributed by atoms with E-state index < -0.39 is 55.0 Å². The van der Waals surface area contributed by atoms with E-state index in [1.54, 1.807) is 0 Å². The minimum Gasteiger partial charge on any atom is -0.480 e. The van der Waals surface area contributed by atoms with Crippen molar-refractivity contribution in [1.82, 2.24) is 25.9 Å². The molecule has 1 aromatic rings. The lowest BCUT2D eigenvalue weighted by Crippen LogP contribution is -2.55. The molecule has 1 rings (SSSR count). The van der Waals surface area contributed by atoms with E-state index in [1.165, 1.54) is 24.3 Å². The molecule has 29 heavy (non-hydrogen) atoms. The third-order valence-electron chi connectivity index (χ3n) is 3.81. The van der Waals surface area contributed by atoms with Gasteiger partial charge in [0.15, 0.2) is 0 Å². The van der Waals surface area contributed by atoms with Gasteiger partial charge in [-0.15, -0.1) is 0 Å². The van der Waals surface area contributed by atoms with E-state index >= 15 is 0 Å². The highest BCUT2D eigenvalue weighted by atomic mass is 32.2. The number of aliphatic hydroxyl groups is 1. The molecule has 0 saturated heterocycles. The summed E-state index contributed by atoms with van der Waals surface area (Å²) in [6, 6.07) is -3.36. The monoisotopic (exact) mass is 430 g/mol. The third-order valence-corrected chi connectivity index (χ3v) is 4.46. The fourth-order valence-electron chi connectivity index (χ4n) is 2.23. The molecule has 0 fully saturated rings. The van der Waals surface area contributed by atoms with Crippen LogP contribution < -0.4 is 21.7 Å². The number of carbonyl (C=O) groups is 4. The predicted octanol–water partition coefficient (Wildman–Crippen LogP) is -2.80. The van der Waals surface area contributed by atoms with Gasteiger partial charge < -0.3 is 36.9 Å². The zero-order valence-electron chi connectivity index (χ0n) is 15.9. The number of thioether (sulfide) groups is 1. The number of nitrogens with one attached hydrogen (secondary N) is 4. The van der Waals surface area contributed by atoms with Crippen molar-refractivity contribution in [3.8, 4) is 0 Å². The highest BCUT2D eigenvalue weighted by molar-refractivity contribution is 7.98. The standard InChI is InChI=1S/C16H26N6O6S/c1-29-3-2-11(16(27)28)21-13(24)6-19-15(26)12(7-23)22-14(25)10(17)4-9-5-18-8-20-9/h5,8,10-12,23H,2-4,6-7,17H2,1H3,(H,18,20)(H,19,26)(H,21,24)(H,22,25)(H,27,28). The van der Waals surface area contributed by atoms with Crippen molar-refractivity contribution in [2.45, 2.75) is 31.0 Å². The Kier molecular flexibility index (Phi) is 10.7. The zero-order valence-corrected chi connectivity index (χ0v) is 16.7. The van der Waals surface area contributed by atoms with Crippen molar-refractivity contribution >= 4 is 35.5 Å². The molecule has 0 spiro atoms. The van der Waals surface area contributed by atoms with Gasteiger partial charge in [-0.1, -0.05) is 0 Å². The molecule has 8 N–H and O–H groups in total. The molecule has 0 bridgehead atoms. The number of carbonyl (C=O) groups excluding carboxylic acids is 3. The van der Waals surface area contributed by atoms with Gasteiger partial charge in [0.25, 0.3) is 0 Å². The van der Waals surface area contributed by atoms with Gasteiger partial charge in [-0.3, -0.25) is 14.4 Å². The number of nitrogens with zero attached hydrogens (tertiary/aromatic N) is 1. The summed E-state index contributed by atoms with van der Waals surface area (Å²) in [6.45, 7) is -1.21. The van der Waals surface area contributed by atoms with Crippen LogP contribution in [0, 0.1) is 0 Å². The van der Waals surface area contributed by atoms with E-state index in [9.17, 15) is 24.3 Å². The maximum absolute atomic E-state index is 12.1. The summed E-state index contributed by atoms with van der Waals surface area (Å²) in [7, 11) is 0. The molecular formula is C16H26N6O6S. The van der Waals surface area contributed by atoms with Gasteiger partial charge in [0.05, 0.1) is 25.5 Å². The summed E-state index contributed by atoms with van der Waals surface area (Å²) < 4.78 is 0. The highest BCUT2D eigenvalue weighted by Crippen LogP contribution is 2.01. The lowest BCUT2D eigenvalue weighted by Gasteiger charge is -2.19. The lowest BCUT2D eigenvalue weighted by molar-refractivity contribution is -0.141. The van der Waals surface area contributed by atoms with Crippen LogP contribution >= 0.6 is 11.8 Å². The Balaban J connectivity index is 2.47. The number of aliphatic hydroxyl groups excluding tert-OH is 1.